The van der Waals surface area contributed by atoms with Gasteiger partial charge in [0.25, 0.3) is 0 Å². The van der Waals surface area contributed by atoms with Crippen LogP contribution < -0.4 is 4.74 Å². The van der Waals surface area contributed by atoms with E-state index in [-0.39, 0.29) is 0 Å². The summed E-state index contributed by atoms with van der Waals surface area (Å²) in [6.07, 6.45) is 6.01. The molecule has 13 heavy (non-hydrogen) atoms. The summed E-state index contributed by atoms with van der Waals surface area (Å²) in [5, 5.41) is 3.88. The fourth-order valence-corrected chi connectivity index (χ4v) is 1.24. The Morgan fingerprint density at radius 2 is 2.23 bits per heavy atom. The summed E-state index contributed by atoms with van der Waals surface area (Å²) >= 11 is 0. The van der Waals surface area contributed by atoms with Crippen LogP contribution in [0, 0.1) is 0 Å². The van der Waals surface area contributed by atoms with Crippen molar-refractivity contribution in [2.75, 3.05) is 7.11 Å². The third kappa shape index (κ3) is 3.49. The van der Waals surface area contributed by atoms with Crippen LogP contribution in [0.4, 0.5) is 0 Å². The van der Waals surface area contributed by atoms with Crippen molar-refractivity contribution >= 4 is 0 Å². The molecule has 0 aliphatic rings. The lowest BCUT2D eigenvalue weighted by atomic mass is 10.1. The van der Waals surface area contributed by atoms with Gasteiger partial charge in [-0.05, 0) is 12.8 Å². The van der Waals surface area contributed by atoms with Gasteiger partial charge < -0.3 is 9.26 Å². The summed E-state index contributed by atoms with van der Waals surface area (Å²) in [6, 6.07) is 1.85. The highest BCUT2D eigenvalue weighted by molar-refractivity contribution is 5.09. The van der Waals surface area contributed by atoms with Crippen molar-refractivity contribution < 1.29 is 9.26 Å². The van der Waals surface area contributed by atoms with Gasteiger partial charge >= 0.3 is 5.95 Å². The number of unbranched alkanes of at least 4 members (excludes halogenated alkanes) is 3. The molecule has 0 saturated heterocycles. The van der Waals surface area contributed by atoms with Crippen LogP contribution in [0.5, 0.6) is 5.95 Å². The van der Waals surface area contributed by atoms with Gasteiger partial charge in [-0.15, -0.1) is 0 Å². The molecule has 1 heterocycles. The molecule has 0 radical (unpaired) electrons. The SMILES string of the molecule is CCCCCCc1cc(OC)on1. The predicted octanol–water partition coefficient (Wildman–Crippen LogP) is 2.81. The second-order valence-corrected chi connectivity index (χ2v) is 3.15. The predicted molar refractivity (Wildman–Crippen MR) is 50.9 cm³/mol. The standard InChI is InChI=1S/C10H17NO2/c1-3-4-5-6-7-9-8-10(12-2)13-11-9/h8H,3-7H2,1-2H3. The van der Waals surface area contributed by atoms with E-state index in [0.717, 1.165) is 12.1 Å². The fourth-order valence-electron chi connectivity index (χ4n) is 1.24. The Kier molecular flexibility index (Phi) is 4.36. The van der Waals surface area contributed by atoms with Crippen LogP contribution in [0.15, 0.2) is 10.6 Å². The second-order valence-electron chi connectivity index (χ2n) is 3.15. The second kappa shape index (κ2) is 5.62. The number of aromatic nitrogens is 1. The average Bonchev–Trinajstić information content (AvgIpc) is 2.60. The average molecular weight is 183 g/mol. The van der Waals surface area contributed by atoms with Crippen molar-refractivity contribution in [2.45, 2.75) is 39.0 Å². The molecule has 0 aliphatic carbocycles. The van der Waals surface area contributed by atoms with Crippen molar-refractivity contribution in [1.82, 2.24) is 5.16 Å². The van der Waals surface area contributed by atoms with E-state index < -0.39 is 0 Å². The number of methoxy groups -OCH3 is 1. The Morgan fingerprint density at radius 1 is 1.38 bits per heavy atom. The highest BCUT2D eigenvalue weighted by Crippen LogP contribution is 2.13. The molecule has 0 saturated carbocycles. The van der Waals surface area contributed by atoms with Crippen LogP contribution in [0.1, 0.15) is 38.3 Å². The largest absolute Gasteiger partial charge is 0.467 e. The number of ether oxygens (including phenoxy) is 1. The normalized spacial score (nSPS) is 10.3. The minimum atomic E-state index is 0.505. The van der Waals surface area contributed by atoms with Crippen molar-refractivity contribution in [1.29, 1.82) is 0 Å². The molecule has 0 aromatic carbocycles. The number of aryl methyl sites for hydroxylation is 1. The topological polar surface area (TPSA) is 35.3 Å². The maximum Gasteiger partial charge on any atom is 0.311 e. The molecule has 0 N–H and O–H groups in total. The Bertz CT molecular complexity index is 233. The fraction of sp³-hybridized carbons (Fsp3) is 0.700. The lowest BCUT2D eigenvalue weighted by Crippen LogP contribution is -1.84. The third-order valence-electron chi connectivity index (χ3n) is 2.02. The highest BCUT2D eigenvalue weighted by Gasteiger charge is 2.02. The van der Waals surface area contributed by atoms with E-state index in [1.165, 1.54) is 25.7 Å². The van der Waals surface area contributed by atoms with E-state index in [1.807, 2.05) is 6.07 Å². The van der Waals surface area contributed by atoms with Crippen molar-refractivity contribution in [2.24, 2.45) is 0 Å². The highest BCUT2D eigenvalue weighted by atomic mass is 16.6. The zero-order valence-electron chi connectivity index (χ0n) is 8.38. The zero-order valence-corrected chi connectivity index (χ0v) is 8.38. The zero-order chi connectivity index (χ0) is 9.52. The van der Waals surface area contributed by atoms with Gasteiger partial charge in [-0.3, -0.25) is 0 Å². The van der Waals surface area contributed by atoms with Crippen LogP contribution in [0.3, 0.4) is 0 Å². The van der Waals surface area contributed by atoms with E-state index in [0.29, 0.717) is 5.95 Å². The van der Waals surface area contributed by atoms with Gasteiger partial charge in [-0.1, -0.05) is 31.3 Å². The molecule has 0 amide bonds. The Balaban J connectivity index is 2.20. The Labute approximate surface area is 79.1 Å². The maximum absolute atomic E-state index is 4.90. The van der Waals surface area contributed by atoms with Gasteiger partial charge in [-0.2, -0.15) is 0 Å². The molecule has 0 bridgehead atoms. The van der Waals surface area contributed by atoms with E-state index in [4.69, 9.17) is 9.26 Å². The molecule has 3 nitrogen and oxygen atoms in total. The first-order valence-electron chi connectivity index (χ1n) is 4.86. The lowest BCUT2D eigenvalue weighted by molar-refractivity contribution is 0.259. The minimum Gasteiger partial charge on any atom is -0.467 e. The molecule has 0 spiro atoms. The minimum absolute atomic E-state index is 0.505. The number of hydrogen-bond acceptors (Lipinski definition) is 3. The van der Waals surface area contributed by atoms with Gasteiger partial charge in [0, 0.05) is 6.07 Å². The van der Waals surface area contributed by atoms with Crippen LogP contribution >= 0.6 is 0 Å². The summed E-state index contributed by atoms with van der Waals surface area (Å²) in [4.78, 5) is 0. The third-order valence-corrected chi connectivity index (χ3v) is 2.02. The van der Waals surface area contributed by atoms with Crippen molar-refractivity contribution in [3.63, 3.8) is 0 Å². The summed E-state index contributed by atoms with van der Waals surface area (Å²) in [5.41, 5.74) is 0.993. The summed E-state index contributed by atoms with van der Waals surface area (Å²) in [5.74, 6) is 0.505. The molecule has 1 aromatic heterocycles. The molecule has 3 heteroatoms. The van der Waals surface area contributed by atoms with E-state index in [9.17, 15) is 0 Å². The van der Waals surface area contributed by atoms with Crippen molar-refractivity contribution in [3.05, 3.63) is 11.8 Å². The van der Waals surface area contributed by atoms with E-state index in [2.05, 4.69) is 12.1 Å². The number of nitrogens with zero attached hydrogens (tertiary/aromatic N) is 1. The molecular weight excluding hydrogens is 166 g/mol. The maximum atomic E-state index is 4.90. The molecule has 1 rings (SSSR count). The van der Waals surface area contributed by atoms with Crippen molar-refractivity contribution in [3.8, 4) is 5.95 Å². The van der Waals surface area contributed by atoms with Crippen LogP contribution in [0.2, 0.25) is 0 Å². The van der Waals surface area contributed by atoms with Crippen LogP contribution in [-0.2, 0) is 6.42 Å². The lowest BCUT2D eigenvalue weighted by Gasteiger charge is -1.94. The quantitative estimate of drug-likeness (QED) is 0.636. The van der Waals surface area contributed by atoms with E-state index >= 15 is 0 Å². The molecular formula is C10H17NO2. The molecule has 74 valence electrons. The molecule has 0 aliphatic heterocycles. The molecule has 0 atom stereocenters. The first-order valence-corrected chi connectivity index (χ1v) is 4.86. The summed E-state index contributed by atoms with van der Waals surface area (Å²) in [6.45, 7) is 2.21. The van der Waals surface area contributed by atoms with Crippen LogP contribution in [0.25, 0.3) is 0 Å². The smallest absolute Gasteiger partial charge is 0.311 e. The first kappa shape index (κ1) is 10.1. The summed E-state index contributed by atoms with van der Waals surface area (Å²) < 4.78 is 9.79. The number of rotatable bonds is 6. The first-order chi connectivity index (χ1) is 6.36. The van der Waals surface area contributed by atoms with Gasteiger partial charge in [-0.25, -0.2) is 0 Å². The number of hydrogen-bond donors (Lipinski definition) is 0. The monoisotopic (exact) mass is 183 g/mol. The Hall–Kier alpha value is -0.990. The van der Waals surface area contributed by atoms with Gasteiger partial charge in [0.15, 0.2) is 0 Å². The summed E-state index contributed by atoms with van der Waals surface area (Å²) in [7, 11) is 1.58. The molecule has 0 unspecified atom stereocenters. The van der Waals surface area contributed by atoms with Crippen LogP contribution in [-0.4, -0.2) is 12.3 Å². The van der Waals surface area contributed by atoms with Gasteiger partial charge in [0.05, 0.1) is 12.8 Å². The van der Waals surface area contributed by atoms with Gasteiger partial charge in [0.2, 0.25) is 0 Å². The van der Waals surface area contributed by atoms with Gasteiger partial charge in [0.1, 0.15) is 0 Å². The van der Waals surface area contributed by atoms with E-state index in [1.54, 1.807) is 7.11 Å². The molecule has 0 fully saturated rings. The molecule has 1 aromatic rings. The Morgan fingerprint density at radius 3 is 2.85 bits per heavy atom.